The molecular weight excluding hydrogens is 160 g/mol. The van der Waals surface area contributed by atoms with Crippen molar-refractivity contribution in [3.05, 3.63) is 11.3 Å². The van der Waals surface area contributed by atoms with Crippen LogP contribution in [0.3, 0.4) is 0 Å². The lowest BCUT2D eigenvalue weighted by atomic mass is 9.88. The van der Waals surface area contributed by atoms with Crippen molar-refractivity contribution in [3.63, 3.8) is 0 Å². The summed E-state index contributed by atoms with van der Waals surface area (Å²) >= 11 is 0. The molecule has 1 heteroatoms. The molecule has 0 aromatic rings. The van der Waals surface area contributed by atoms with Gasteiger partial charge in [0.15, 0.2) is 0 Å². The number of hydrogen-bond donors (Lipinski definition) is 0. The molecule has 0 heterocycles. The Bertz CT molecular complexity index is 194. The minimum absolute atomic E-state index is 0.514. The van der Waals surface area contributed by atoms with Crippen LogP contribution in [-0.4, -0.2) is 8.07 Å². The van der Waals surface area contributed by atoms with Gasteiger partial charge in [-0.3, -0.25) is 0 Å². The largest absolute Gasteiger partial charge is 0.0953 e. The summed E-state index contributed by atoms with van der Waals surface area (Å²) in [6.45, 7) is 12.1. The van der Waals surface area contributed by atoms with Gasteiger partial charge in [-0.25, -0.2) is 0 Å². The summed E-state index contributed by atoms with van der Waals surface area (Å²) in [7, 11) is -0.973. The van der Waals surface area contributed by atoms with Gasteiger partial charge < -0.3 is 0 Å². The van der Waals surface area contributed by atoms with Gasteiger partial charge in [0, 0.05) is 0 Å². The van der Waals surface area contributed by atoms with Crippen molar-refractivity contribution in [3.8, 4) is 0 Å². The second kappa shape index (κ2) is 3.02. The van der Waals surface area contributed by atoms with Crippen LogP contribution in [0.15, 0.2) is 11.3 Å². The standard InChI is InChI=1S/C11H22Si/c1-11(2)8-6-7-10(11)9-12(3,4)5/h9H,6-8H2,1-5H3/b10-9-. The molecule has 0 N–H and O–H groups in total. The first-order valence-corrected chi connectivity index (χ1v) is 8.61. The smallest absolute Gasteiger partial charge is 0.0686 e. The van der Waals surface area contributed by atoms with E-state index in [1.54, 1.807) is 5.57 Å². The van der Waals surface area contributed by atoms with Crippen molar-refractivity contribution >= 4 is 8.07 Å². The Morgan fingerprint density at radius 1 is 1.25 bits per heavy atom. The molecule has 0 aromatic heterocycles. The fraction of sp³-hybridized carbons (Fsp3) is 0.818. The lowest BCUT2D eigenvalue weighted by Gasteiger charge is -2.23. The normalized spacial score (nSPS) is 26.6. The van der Waals surface area contributed by atoms with Crippen molar-refractivity contribution in [2.45, 2.75) is 52.8 Å². The molecule has 0 atom stereocenters. The molecule has 0 amide bonds. The maximum absolute atomic E-state index is 2.61. The van der Waals surface area contributed by atoms with E-state index in [1.807, 2.05) is 0 Å². The van der Waals surface area contributed by atoms with Crippen LogP contribution in [0.2, 0.25) is 19.6 Å². The molecular formula is C11H22Si. The van der Waals surface area contributed by atoms with Crippen molar-refractivity contribution < 1.29 is 0 Å². The van der Waals surface area contributed by atoms with E-state index in [0.717, 1.165) is 0 Å². The van der Waals surface area contributed by atoms with Crippen molar-refractivity contribution in [2.75, 3.05) is 0 Å². The van der Waals surface area contributed by atoms with E-state index in [2.05, 4.69) is 39.2 Å². The van der Waals surface area contributed by atoms with E-state index in [1.165, 1.54) is 19.3 Å². The zero-order chi connectivity index (χ0) is 9.41. The average Bonchev–Trinajstić information content (AvgIpc) is 2.07. The molecule has 1 saturated carbocycles. The van der Waals surface area contributed by atoms with E-state index in [0.29, 0.717) is 5.41 Å². The monoisotopic (exact) mass is 182 g/mol. The maximum Gasteiger partial charge on any atom is 0.0686 e. The van der Waals surface area contributed by atoms with Crippen LogP contribution >= 0.6 is 0 Å². The quantitative estimate of drug-likeness (QED) is 0.538. The van der Waals surface area contributed by atoms with Crippen LogP contribution < -0.4 is 0 Å². The van der Waals surface area contributed by atoms with Gasteiger partial charge in [0.25, 0.3) is 0 Å². The van der Waals surface area contributed by atoms with Crippen molar-refractivity contribution in [1.29, 1.82) is 0 Å². The van der Waals surface area contributed by atoms with Crippen molar-refractivity contribution in [1.82, 2.24) is 0 Å². The topological polar surface area (TPSA) is 0 Å². The second-order valence-corrected chi connectivity index (χ2v) is 10.8. The third kappa shape index (κ3) is 2.48. The number of allylic oxidation sites excluding steroid dienone is 1. The van der Waals surface area contributed by atoms with E-state index in [4.69, 9.17) is 0 Å². The molecule has 0 aliphatic heterocycles. The highest BCUT2D eigenvalue weighted by Crippen LogP contribution is 2.42. The Morgan fingerprint density at radius 3 is 2.17 bits per heavy atom. The number of hydrogen-bond acceptors (Lipinski definition) is 0. The van der Waals surface area contributed by atoms with Crippen LogP contribution in [0.4, 0.5) is 0 Å². The Balaban J connectivity index is 2.82. The Labute approximate surface area is 78.1 Å². The lowest BCUT2D eigenvalue weighted by Crippen LogP contribution is -2.20. The first kappa shape index (κ1) is 10.0. The molecule has 1 aliphatic carbocycles. The predicted molar refractivity (Wildman–Crippen MR) is 59.1 cm³/mol. The maximum atomic E-state index is 2.61. The molecule has 0 saturated heterocycles. The van der Waals surface area contributed by atoms with Gasteiger partial charge in [-0.05, 0) is 24.7 Å². The molecule has 1 rings (SSSR count). The van der Waals surface area contributed by atoms with Crippen LogP contribution in [0.25, 0.3) is 0 Å². The van der Waals surface area contributed by atoms with Crippen LogP contribution in [0, 0.1) is 5.41 Å². The summed E-state index contributed by atoms with van der Waals surface area (Å²) in [4.78, 5) is 0. The zero-order valence-corrected chi connectivity index (χ0v) is 10.2. The fourth-order valence-corrected chi connectivity index (χ4v) is 3.59. The first-order valence-electron chi connectivity index (χ1n) is 5.03. The number of rotatable bonds is 1. The predicted octanol–water partition coefficient (Wildman–Crippen LogP) is 4.00. The molecule has 0 unspecified atom stereocenters. The molecule has 1 aliphatic rings. The van der Waals surface area contributed by atoms with Crippen molar-refractivity contribution in [2.24, 2.45) is 5.41 Å². The summed E-state index contributed by atoms with van der Waals surface area (Å²) in [5.41, 5.74) is 4.86. The Kier molecular flexibility index (Phi) is 2.53. The van der Waals surface area contributed by atoms with E-state index in [-0.39, 0.29) is 0 Å². The van der Waals surface area contributed by atoms with Gasteiger partial charge in [0.1, 0.15) is 0 Å². The molecule has 0 radical (unpaired) electrons. The zero-order valence-electron chi connectivity index (χ0n) is 9.20. The molecule has 12 heavy (non-hydrogen) atoms. The van der Waals surface area contributed by atoms with Crippen LogP contribution in [0.5, 0.6) is 0 Å². The van der Waals surface area contributed by atoms with E-state index >= 15 is 0 Å². The summed E-state index contributed by atoms with van der Waals surface area (Å²) in [6.07, 6.45) is 4.16. The summed E-state index contributed by atoms with van der Waals surface area (Å²) in [5.74, 6) is 0. The first-order chi connectivity index (χ1) is 5.31. The van der Waals surface area contributed by atoms with Gasteiger partial charge in [0.2, 0.25) is 0 Å². The second-order valence-electron chi connectivity index (χ2n) is 5.77. The molecule has 0 spiro atoms. The van der Waals surface area contributed by atoms with Crippen LogP contribution in [0.1, 0.15) is 33.1 Å². The molecule has 70 valence electrons. The Morgan fingerprint density at radius 2 is 1.83 bits per heavy atom. The van der Waals surface area contributed by atoms with Gasteiger partial charge in [-0.1, -0.05) is 44.8 Å². The SMILES string of the molecule is CC1(C)CCC/C1=C/[Si](C)(C)C. The molecule has 0 aromatic carbocycles. The average molecular weight is 182 g/mol. The highest BCUT2D eigenvalue weighted by molar-refractivity contribution is 6.81. The lowest BCUT2D eigenvalue weighted by molar-refractivity contribution is 0.462. The third-order valence-corrected chi connectivity index (χ3v) is 3.94. The van der Waals surface area contributed by atoms with E-state index < -0.39 is 8.07 Å². The summed E-state index contributed by atoms with van der Waals surface area (Å²) in [5, 5.41) is 0. The fourth-order valence-electron chi connectivity index (χ4n) is 2.01. The van der Waals surface area contributed by atoms with Crippen LogP contribution in [-0.2, 0) is 0 Å². The van der Waals surface area contributed by atoms with E-state index in [9.17, 15) is 0 Å². The molecule has 0 nitrogen and oxygen atoms in total. The molecule has 1 fully saturated rings. The van der Waals surface area contributed by atoms with Gasteiger partial charge in [-0.2, -0.15) is 0 Å². The summed E-state index contributed by atoms with van der Waals surface area (Å²) in [6, 6.07) is 0. The third-order valence-electron chi connectivity index (χ3n) is 2.72. The van der Waals surface area contributed by atoms with Gasteiger partial charge in [-0.15, -0.1) is 0 Å². The highest BCUT2D eigenvalue weighted by Gasteiger charge is 2.29. The summed E-state index contributed by atoms with van der Waals surface area (Å²) < 4.78 is 0. The molecule has 0 bridgehead atoms. The minimum atomic E-state index is -0.973. The highest BCUT2D eigenvalue weighted by atomic mass is 28.3. The Hall–Kier alpha value is -0.0431. The van der Waals surface area contributed by atoms with Gasteiger partial charge >= 0.3 is 0 Å². The minimum Gasteiger partial charge on any atom is -0.0953 e. The van der Waals surface area contributed by atoms with Gasteiger partial charge in [0.05, 0.1) is 8.07 Å².